The molecule has 7 nitrogen and oxygen atoms in total. The Bertz CT molecular complexity index is 1060. The van der Waals surface area contributed by atoms with E-state index in [0.29, 0.717) is 40.7 Å². The van der Waals surface area contributed by atoms with Crippen molar-refractivity contribution in [2.75, 3.05) is 27.4 Å². The summed E-state index contributed by atoms with van der Waals surface area (Å²) in [5, 5.41) is 9.73. The molecule has 0 aliphatic carbocycles. The number of benzene rings is 2. The van der Waals surface area contributed by atoms with Crippen LogP contribution in [0, 0.1) is 0 Å². The molecule has 3 aliphatic rings. The fraction of sp³-hybridized carbons (Fsp3) is 0.435. The van der Waals surface area contributed by atoms with Gasteiger partial charge in [0.25, 0.3) is 0 Å². The highest BCUT2D eigenvalue weighted by Crippen LogP contribution is 2.50. The van der Waals surface area contributed by atoms with Crippen LogP contribution in [0.5, 0.6) is 28.7 Å². The van der Waals surface area contributed by atoms with E-state index in [9.17, 15) is 9.90 Å². The molecule has 5 rings (SSSR count). The van der Waals surface area contributed by atoms with Crippen molar-refractivity contribution >= 4 is 28.4 Å². The quantitative estimate of drug-likeness (QED) is 0.475. The minimum absolute atomic E-state index is 0.00515. The SMILES string of the molecule is COc1cc2c(cc1OC)[C@@H]1C(=O)c3ccc4c(c3O[C@@H]1CO2)CC([C@](C)([124I])CO)O4. The molecule has 164 valence electrons. The first-order chi connectivity index (χ1) is 14.9. The van der Waals surface area contributed by atoms with E-state index in [1.54, 1.807) is 32.4 Å². The van der Waals surface area contributed by atoms with Crippen LogP contribution in [0.15, 0.2) is 24.3 Å². The molecule has 4 atom stereocenters. The average molecular weight is 535 g/mol. The van der Waals surface area contributed by atoms with Crippen molar-refractivity contribution < 1.29 is 33.6 Å². The van der Waals surface area contributed by atoms with Gasteiger partial charge in [-0.1, -0.05) is 22.6 Å². The number of halogens is 1. The molecule has 3 aliphatic heterocycles. The molecular formula is C23H23IO7. The Morgan fingerprint density at radius 1 is 1.16 bits per heavy atom. The number of ketones is 1. The Kier molecular flexibility index (Phi) is 4.97. The number of alkyl halides is 1. The van der Waals surface area contributed by atoms with Crippen molar-refractivity contribution in [3.05, 3.63) is 41.0 Å². The molecule has 2 aromatic rings. The lowest BCUT2D eigenvalue weighted by Crippen LogP contribution is -2.43. The second kappa shape index (κ2) is 7.44. The number of carbonyl (C=O) groups excluding carboxylic acids is 1. The zero-order chi connectivity index (χ0) is 21.9. The lowest BCUT2D eigenvalue weighted by atomic mass is 9.81. The van der Waals surface area contributed by atoms with Crippen molar-refractivity contribution in [2.24, 2.45) is 0 Å². The first-order valence-corrected chi connectivity index (χ1v) is 11.2. The number of Topliss-reactive ketones (excluding diaryl/α,β-unsaturated/α-hetero) is 1. The summed E-state index contributed by atoms with van der Waals surface area (Å²) in [6, 6.07) is 7.15. The molecule has 0 radical (unpaired) electrons. The van der Waals surface area contributed by atoms with Gasteiger partial charge in [-0.3, -0.25) is 4.79 Å². The summed E-state index contributed by atoms with van der Waals surface area (Å²) in [5.41, 5.74) is 2.16. The third-order valence-electron chi connectivity index (χ3n) is 6.30. The zero-order valence-electron chi connectivity index (χ0n) is 17.4. The summed E-state index contributed by atoms with van der Waals surface area (Å²) in [5.74, 6) is 2.48. The van der Waals surface area contributed by atoms with Gasteiger partial charge in [-0.25, -0.2) is 0 Å². The molecule has 1 unspecified atom stereocenters. The van der Waals surface area contributed by atoms with Gasteiger partial charge in [0, 0.05) is 23.6 Å². The molecule has 31 heavy (non-hydrogen) atoms. The largest absolute Gasteiger partial charge is 0.493 e. The second-order valence-electron chi connectivity index (χ2n) is 8.22. The molecule has 0 saturated carbocycles. The number of fused-ring (bicyclic) bond motifs is 6. The number of aliphatic hydroxyl groups excluding tert-OH is 1. The number of aliphatic hydroxyl groups is 1. The van der Waals surface area contributed by atoms with Gasteiger partial charge in [0.05, 0.1) is 35.7 Å². The lowest BCUT2D eigenvalue weighted by Gasteiger charge is -2.37. The summed E-state index contributed by atoms with van der Waals surface area (Å²) in [6.07, 6.45) is -0.0675. The van der Waals surface area contributed by atoms with Crippen molar-refractivity contribution in [1.82, 2.24) is 0 Å². The molecule has 0 saturated heterocycles. The van der Waals surface area contributed by atoms with Crippen molar-refractivity contribution in [2.45, 2.75) is 34.9 Å². The first kappa shape index (κ1) is 20.7. The van der Waals surface area contributed by atoms with Crippen LogP contribution >= 0.6 is 22.6 Å². The van der Waals surface area contributed by atoms with Crippen molar-refractivity contribution in [3.63, 3.8) is 0 Å². The van der Waals surface area contributed by atoms with Crippen LogP contribution in [0.3, 0.4) is 0 Å². The third kappa shape index (κ3) is 3.14. The molecule has 0 aromatic heterocycles. The summed E-state index contributed by atoms with van der Waals surface area (Å²) in [7, 11) is 3.13. The Hall–Kier alpha value is -2.20. The fourth-order valence-electron chi connectivity index (χ4n) is 4.50. The molecule has 3 heterocycles. The maximum atomic E-state index is 13.6. The van der Waals surface area contributed by atoms with E-state index < -0.39 is 15.4 Å². The maximum Gasteiger partial charge on any atom is 0.178 e. The minimum atomic E-state index is -0.487. The predicted molar refractivity (Wildman–Crippen MR) is 121 cm³/mol. The molecular weight excluding hydrogens is 512 g/mol. The molecule has 0 spiro atoms. The normalized spacial score (nSPS) is 24.9. The van der Waals surface area contributed by atoms with Gasteiger partial charge >= 0.3 is 0 Å². The van der Waals surface area contributed by atoms with Gasteiger partial charge in [-0.05, 0) is 25.1 Å². The summed E-state index contributed by atoms with van der Waals surface area (Å²) in [6.45, 7) is 2.20. The zero-order valence-corrected chi connectivity index (χ0v) is 19.6. The van der Waals surface area contributed by atoms with E-state index in [2.05, 4.69) is 22.6 Å². The standard InChI is InChI=1S/C23H23IO7/c1-23(24,10-25)19-7-13-14(30-19)5-4-11-21(26)20-12-6-16(27-2)17(28-3)8-15(12)29-9-18(20)31-22(11)13/h4-6,8,18-20,25H,7,9-10H2,1-3H3/t18-,19?,20+,23-/m1/s1/i24-3. The highest BCUT2D eigenvalue weighted by molar-refractivity contribution is 14.1. The Morgan fingerprint density at radius 3 is 2.61 bits per heavy atom. The topological polar surface area (TPSA) is 83.5 Å². The Morgan fingerprint density at radius 2 is 1.90 bits per heavy atom. The van der Waals surface area contributed by atoms with Gasteiger partial charge in [-0.2, -0.15) is 0 Å². The first-order valence-electron chi connectivity index (χ1n) is 10.1. The molecule has 0 bridgehead atoms. The lowest BCUT2D eigenvalue weighted by molar-refractivity contribution is 0.0554. The van der Waals surface area contributed by atoms with Gasteiger partial charge in [0.15, 0.2) is 17.3 Å². The van der Waals surface area contributed by atoms with E-state index in [1.165, 1.54) is 0 Å². The van der Waals surface area contributed by atoms with Crippen molar-refractivity contribution in [1.29, 1.82) is 0 Å². The highest BCUT2D eigenvalue weighted by Gasteiger charge is 2.47. The number of methoxy groups -OCH3 is 2. The van der Waals surface area contributed by atoms with Crippen LogP contribution < -0.4 is 23.7 Å². The van der Waals surface area contributed by atoms with Gasteiger partial charge in [0.2, 0.25) is 0 Å². The van der Waals surface area contributed by atoms with Crippen LogP contribution in [0.1, 0.15) is 34.3 Å². The highest BCUT2D eigenvalue weighted by atomic mass is 124. The molecule has 0 amide bonds. The van der Waals surface area contributed by atoms with E-state index in [0.717, 1.165) is 11.1 Å². The van der Waals surface area contributed by atoms with E-state index in [4.69, 9.17) is 23.7 Å². The number of rotatable bonds is 4. The molecule has 8 heteroatoms. The maximum absolute atomic E-state index is 13.6. The average Bonchev–Trinajstić information content (AvgIpc) is 3.23. The number of carbonyl (C=O) groups is 1. The van der Waals surface area contributed by atoms with E-state index >= 15 is 0 Å². The van der Waals surface area contributed by atoms with Gasteiger partial charge in [0.1, 0.15) is 36.1 Å². The third-order valence-corrected chi connectivity index (χ3v) is 7.34. The van der Waals surface area contributed by atoms with E-state index in [-0.39, 0.29) is 25.1 Å². The second-order valence-corrected chi connectivity index (χ2v) is 10.7. The Balaban J connectivity index is 1.55. The monoisotopic (exact) mass is 535 g/mol. The van der Waals surface area contributed by atoms with Gasteiger partial charge in [-0.15, -0.1) is 0 Å². The van der Waals surface area contributed by atoms with Crippen molar-refractivity contribution in [3.8, 4) is 28.7 Å². The number of hydrogen-bond acceptors (Lipinski definition) is 7. The summed E-state index contributed by atoms with van der Waals surface area (Å²) in [4.78, 5) is 13.6. The predicted octanol–water partition coefficient (Wildman–Crippen LogP) is 3.31. The molecule has 0 fully saturated rings. The van der Waals surface area contributed by atoms with Crippen LogP contribution in [-0.4, -0.2) is 54.0 Å². The minimum Gasteiger partial charge on any atom is -0.493 e. The molecule has 1 N–H and O–H groups in total. The van der Waals surface area contributed by atoms with Crippen LogP contribution in [-0.2, 0) is 6.42 Å². The van der Waals surface area contributed by atoms with Crippen LogP contribution in [0.25, 0.3) is 0 Å². The van der Waals surface area contributed by atoms with Gasteiger partial charge < -0.3 is 28.8 Å². The summed E-state index contributed by atoms with van der Waals surface area (Å²) < 4.78 is 28.8. The van der Waals surface area contributed by atoms with Crippen LogP contribution in [0.4, 0.5) is 0 Å². The van der Waals surface area contributed by atoms with E-state index in [1.807, 2.05) is 13.0 Å². The summed E-state index contributed by atoms with van der Waals surface area (Å²) >= 11 is 2.22. The van der Waals surface area contributed by atoms with Crippen LogP contribution in [0.2, 0.25) is 0 Å². The molecule has 2 aromatic carbocycles. The smallest absolute Gasteiger partial charge is 0.178 e. The number of hydrogen-bond donors (Lipinski definition) is 1. The fourth-order valence-corrected chi connectivity index (χ4v) is 4.85. The Labute approximate surface area is 193 Å². The number of ether oxygens (including phenoxy) is 5.